The maximum atomic E-state index is 13.1. The van der Waals surface area contributed by atoms with E-state index >= 15 is 0 Å². The second kappa shape index (κ2) is 7.37. The summed E-state index contributed by atoms with van der Waals surface area (Å²) in [5.41, 5.74) is -0.778. The normalized spacial score (nSPS) is 21.4. The van der Waals surface area contributed by atoms with Crippen LogP contribution in [0.3, 0.4) is 0 Å². The standard InChI is InChI=1S/C20H28N4O4S/c1-20(9-10-20)22-29(27,28)15-6-7-17-16(13-15)18(25)24(19(26)23(17)2)12-8-14-5-3-4-11-21-14/h6-7,13-14,21-22H,3-5,8-12H2,1-2H3. The number of nitrogens with zero attached hydrogens (tertiary/aromatic N) is 2. The highest BCUT2D eigenvalue weighted by Crippen LogP contribution is 2.36. The quantitative estimate of drug-likeness (QED) is 0.728. The van der Waals surface area contributed by atoms with Gasteiger partial charge in [-0.25, -0.2) is 17.9 Å². The SMILES string of the molecule is Cn1c(=O)n(CCC2CCCCN2)c(=O)c2cc(S(=O)(=O)NC3(C)CC3)ccc21. The lowest BCUT2D eigenvalue weighted by molar-refractivity contribution is 0.361. The van der Waals surface area contributed by atoms with Gasteiger partial charge in [0.2, 0.25) is 10.0 Å². The maximum absolute atomic E-state index is 13.1. The van der Waals surface area contributed by atoms with Crippen LogP contribution in [-0.2, 0) is 23.6 Å². The smallest absolute Gasteiger partial charge is 0.314 e. The van der Waals surface area contributed by atoms with Crippen LogP contribution in [0.1, 0.15) is 45.4 Å². The molecule has 1 aliphatic heterocycles. The van der Waals surface area contributed by atoms with Crippen molar-refractivity contribution < 1.29 is 8.42 Å². The largest absolute Gasteiger partial charge is 0.331 e. The minimum absolute atomic E-state index is 0.0503. The summed E-state index contributed by atoms with van der Waals surface area (Å²) in [6, 6.07) is 4.67. The summed E-state index contributed by atoms with van der Waals surface area (Å²) in [5.74, 6) is 0. The van der Waals surface area contributed by atoms with Crippen molar-refractivity contribution in [3.8, 4) is 0 Å². The molecule has 0 spiro atoms. The Labute approximate surface area is 170 Å². The Morgan fingerprint density at radius 1 is 1.24 bits per heavy atom. The maximum Gasteiger partial charge on any atom is 0.331 e. The van der Waals surface area contributed by atoms with Crippen molar-refractivity contribution in [2.75, 3.05) is 6.54 Å². The van der Waals surface area contributed by atoms with Crippen LogP contribution >= 0.6 is 0 Å². The molecular formula is C20H28N4O4S. The summed E-state index contributed by atoms with van der Waals surface area (Å²) in [6.07, 6.45) is 5.63. The van der Waals surface area contributed by atoms with Gasteiger partial charge in [-0.05, 0) is 63.8 Å². The number of hydrogen-bond donors (Lipinski definition) is 2. The van der Waals surface area contributed by atoms with Gasteiger partial charge in [0.25, 0.3) is 5.56 Å². The lowest BCUT2D eigenvalue weighted by atomic mass is 10.0. The van der Waals surface area contributed by atoms with Crippen LogP contribution in [0, 0.1) is 0 Å². The second-order valence-corrected chi connectivity index (χ2v) is 10.3. The summed E-state index contributed by atoms with van der Waals surface area (Å²) in [5, 5.41) is 3.67. The summed E-state index contributed by atoms with van der Waals surface area (Å²) < 4.78 is 30.8. The van der Waals surface area contributed by atoms with Gasteiger partial charge >= 0.3 is 5.69 Å². The van der Waals surface area contributed by atoms with Crippen molar-refractivity contribution in [2.24, 2.45) is 7.05 Å². The lowest BCUT2D eigenvalue weighted by Crippen LogP contribution is -2.42. The van der Waals surface area contributed by atoms with Crippen molar-refractivity contribution >= 4 is 20.9 Å². The third kappa shape index (κ3) is 4.04. The first-order chi connectivity index (χ1) is 13.7. The monoisotopic (exact) mass is 420 g/mol. The zero-order valence-electron chi connectivity index (χ0n) is 16.9. The minimum Gasteiger partial charge on any atom is -0.314 e. The molecule has 1 saturated carbocycles. The van der Waals surface area contributed by atoms with E-state index in [2.05, 4.69) is 10.0 Å². The van der Waals surface area contributed by atoms with E-state index in [0.29, 0.717) is 24.5 Å². The van der Waals surface area contributed by atoms with Crippen LogP contribution in [-0.4, -0.2) is 35.7 Å². The van der Waals surface area contributed by atoms with E-state index in [1.165, 1.54) is 27.3 Å². The predicted octanol–water partition coefficient (Wildman–Crippen LogP) is 1.06. The fourth-order valence-corrected chi connectivity index (χ4v) is 5.48. The second-order valence-electron chi connectivity index (χ2n) is 8.58. The minimum atomic E-state index is -3.72. The number of rotatable bonds is 6. The van der Waals surface area contributed by atoms with Crippen molar-refractivity contribution in [3.63, 3.8) is 0 Å². The molecule has 29 heavy (non-hydrogen) atoms. The molecule has 9 heteroatoms. The molecule has 8 nitrogen and oxygen atoms in total. The Hall–Kier alpha value is -1.97. The average molecular weight is 421 g/mol. The predicted molar refractivity (Wildman–Crippen MR) is 112 cm³/mol. The van der Waals surface area contributed by atoms with E-state index < -0.39 is 21.1 Å². The zero-order valence-corrected chi connectivity index (χ0v) is 17.7. The Balaban J connectivity index is 1.71. The van der Waals surface area contributed by atoms with Gasteiger partial charge < -0.3 is 5.32 Å². The van der Waals surface area contributed by atoms with Gasteiger partial charge in [-0.2, -0.15) is 0 Å². The molecule has 1 saturated heterocycles. The van der Waals surface area contributed by atoms with E-state index in [4.69, 9.17) is 0 Å². The third-order valence-corrected chi connectivity index (χ3v) is 7.76. The van der Waals surface area contributed by atoms with Crippen LogP contribution in [0.4, 0.5) is 0 Å². The molecule has 0 amide bonds. The highest BCUT2D eigenvalue weighted by molar-refractivity contribution is 7.89. The molecule has 2 aromatic rings. The van der Waals surface area contributed by atoms with E-state index in [1.54, 1.807) is 7.05 Å². The molecule has 158 valence electrons. The van der Waals surface area contributed by atoms with Crippen LogP contribution in [0.2, 0.25) is 0 Å². The Morgan fingerprint density at radius 2 is 2.00 bits per heavy atom. The number of fused-ring (bicyclic) bond motifs is 1. The number of aryl methyl sites for hydroxylation is 1. The van der Waals surface area contributed by atoms with Crippen LogP contribution in [0.5, 0.6) is 0 Å². The average Bonchev–Trinajstić information content (AvgIpc) is 3.42. The topological polar surface area (TPSA) is 102 Å². The molecule has 2 N–H and O–H groups in total. The first-order valence-electron chi connectivity index (χ1n) is 10.2. The molecule has 1 atom stereocenters. The van der Waals surface area contributed by atoms with Crippen LogP contribution in [0.25, 0.3) is 10.9 Å². The Morgan fingerprint density at radius 3 is 2.66 bits per heavy atom. The van der Waals surface area contributed by atoms with E-state index in [9.17, 15) is 18.0 Å². The third-order valence-electron chi connectivity index (χ3n) is 6.13. The van der Waals surface area contributed by atoms with E-state index in [-0.39, 0.29) is 16.0 Å². The molecule has 0 radical (unpaired) electrons. The van der Waals surface area contributed by atoms with Crippen LogP contribution in [0.15, 0.2) is 32.7 Å². The lowest BCUT2D eigenvalue weighted by Gasteiger charge is -2.23. The molecule has 1 unspecified atom stereocenters. The highest BCUT2D eigenvalue weighted by atomic mass is 32.2. The van der Waals surface area contributed by atoms with E-state index in [0.717, 1.165) is 38.6 Å². The summed E-state index contributed by atoms with van der Waals surface area (Å²) in [4.78, 5) is 25.8. The van der Waals surface area contributed by atoms with Crippen molar-refractivity contribution in [2.45, 2.75) is 68.5 Å². The number of hydrogen-bond acceptors (Lipinski definition) is 5. The molecule has 2 fully saturated rings. The zero-order chi connectivity index (χ0) is 20.8. The van der Waals surface area contributed by atoms with Gasteiger partial charge in [-0.15, -0.1) is 0 Å². The summed E-state index contributed by atoms with van der Waals surface area (Å²) in [7, 11) is -2.12. The highest BCUT2D eigenvalue weighted by Gasteiger charge is 2.41. The van der Waals surface area contributed by atoms with Crippen molar-refractivity contribution in [1.29, 1.82) is 0 Å². The van der Waals surface area contributed by atoms with Gasteiger partial charge in [-0.3, -0.25) is 13.9 Å². The molecule has 1 aliphatic carbocycles. The number of benzene rings is 1. The van der Waals surface area contributed by atoms with Gasteiger partial charge in [0.05, 0.1) is 15.8 Å². The van der Waals surface area contributed by atoms with Crippen molar-refractivity contribution in [3.05, 3.63) is 39.0 Å². The summed E-state index contributed by atoms with van der Waals surface area (Å²) in [6.45, 7) is 3.14. The number of piperidine rings is 1. The molecule has 4 rings (SSSR count). The molecular weight excluding hydrogens is 392 g/mol. The molecule has 1 aromatic carbocycles. The van der Waals surface area contributed by atoms with Gasteiger partial charge in [0, 0.05) is 25.2 Å². The fourth-order valence-electron chi connectivity index (χ4n) is 3.99. The summed E-state index contributed by atoms with van der Waals surface area (Å²) >= 11 is 0. The Kier molecular flexibility index (Phi) is 5.16. The number of aromatic nitrogens is 2. The van der Waals surface area contributed by atoms with E-state index in [1.807, 2.05) is 6.92 Å². The number of nitrogens with one attached hydrogen (secondary N) is 2. The molecule has 1 aromatic heterocycles. The first-order valence-corrected chi connectivity index (χ1v) is 11.7. The molecule has 2 heterocycles. The van der Waals surface area contributed by atoms with Crippen molar-refractivity contribution in [1.82, 2.24) is 19.2 Å². The van der Waals surface area contributed by atoms with Gasteiger partial charge in [0.1, 0.15) is 0 Å². The fraction of sp³-hybridized carbons (Fsp3) is 0.600. The number of sulfonamides is 1. The van der Waals surface area contributed by atoms with Gasteiger partial charge in [0.15, 0.2) is 0 Å². The molecule has 2 aliphatic rings. The first kappa shape index (κ1) is 20.3. The van der Waals surface area contributed by atoms with Gasteiger partial charge in [-0.1, -0.05) is 6.42 Å². The van der Waals surface area contributed by atoms with Crippen LogP contribution < -0.4 is 21.3 Å². The Bertz CT molecular complexity index is 1160. The molecule has 0 bridgehead atoms.